The number of fused-ring (bicyclic) bond motifs is 1. The minimum atomic E-state index is 0.613. The molecule has 2 aromatic carbocycles. The predicted molar refractivity (Wildman–Crippen MR) is 120 cm³/mol. The van der Waals surface area contributed by atoms with Crippen LogP contribution in [0.25, 0.3) is 23.1 Å². The third-order valence-electron chi connectivity index (χ3n) is 5.27. The summed E-state index contributed by atoms with van der Waals surface area (Å²) in [6.07, 6.45) is 4.84. The number of aromatic nitrogens is 2. The first-order valence-electron chi connectivity index (χ1n) is 10.3. The molecule has 1 aromatic heterocycles. The molecule has 3 N–H and O–H groups in total. The molecule has 3 aromatic rings. The molecule has 0 spiro atoms. The predicted octanol–water partition coefficient (Wildman–Crippen LogP) is 3.43. The van der Waals surface area contributed by atoms with E-state index in [2.05, 4.69) is 15.1 Å². The molecule has 0 atom stereocenters. The van der Waals surface area contributed by atoms with Gasteiger partial charge in [-0.1, -0.05) is 24.3 Å². The number of morpholine rings is 1. The Hall–Kier alpha value is -3.03. The van der Waals surface area contributed by atoms with Crippen molar-refractivity contribution in [1.29, 1.82) is 0 Å². The highest BCUT2D eigenvalue weighted by Crippen LogP contribution is 2.33. The summed E-state index contributed by atoms with van der Waals surface area (Å²) in [4.78, 5) is 2.39. The van der Waals surface area contributed by atoms with Gasteiger partial charge in [-0.25, -0.2) is 0 Å². The van der Waals surface area contributed by atoms with Crippen LogP contribution < -0.4 is 15.2 Å². The Morgan fingerprint density at radius 3 is 2.83 bits per heavy atom. The Morgan fingerprint density at radius 1 is 1.17 bits per heavy atom. The molecule has 1 aliphatic heterocycles. The van der Waals surface area contributed by atoms with Crippen LogP contribution in [0.2, 0.25) is 0 Å². The second-order valence-electron chi connectivity index (χ2n) is 7.28. The highest BCUT2D eigenvalue weighted by Gasteiger charge is 2.12. The molecule has 7 nitrogen and oxygen atoms in total. The fourth-order valence-corrected chi connectivity index (χ4v) is 3.58. The molecule has 2 heterocycles. The van der Waals surface area contributed by atoms with Gasteiger partial charge < -0.3 is 19.9 Å². The number of para-hydroxylation sites is 1. The standard InChI is InChI=1S/C23H28N4O3/c1-28-22-15-17(7-8-21-18-5-2-3-6-20(18)25-26-21)19(24)16-23(22)30-12-4-9-27-10-13-29-14-11-27/h2-3,5-8,15-16H,4,9-14,24H2,1H3,(H,25,26). The highest BCUT2D eigenvalue weighted by molar-refractivity contribution is 5.90. The summed E-state index contributed by atoms with van der Waals surface area (Å²) in [7, 11) is 1.64. The minimum absolute atomic E-state index is 0.613. The van der Waals surface area contributed by atoms with Gasteiger partial charge in [-0.05, 0) is 24.6 Å². The Balaban J connectivity index is 1.41. The van der Waals surface area contributed by atoms with Gasteiger partial charge >= 0.3 is 0 Å². The lowest BCUT2D eigenvalue weighted by molar-refractivity contribution is 0.0357. The zero-order valence-electron chi connectivity index (χ0n) is 17.3. The van der Waals surface area contributed by atoms with Crippen molar-refractivity contribution in [2.75, 3.05) is 52.3 Å². The second kappa shape index (κ2) is 9.65. The van der Waals surface area contributed by atoms with E-state index < -0.39 is 0 Å². The number of hydrogen-bond donors (Lipinski definition) is 2. The van der Waals surface area contributed by atoms with Crippen LogP contribution in [0.15, 0.2) is 36.4 Å². The topological polar surface area (TPSA) is 85.6 Å². The van der Waals surface area contributed by atoms with Crippen molar-refractivity contribution in [3.8, 4) is 11.5 Å². The number of benzene rings is 2. The average Bonchev–Trinajstić information content (AvgIpc) is 3.20. The van der Waals surface area contributed by atoms with Crippen LogP contribution in [0.1, 0.15) is 17.7 Å². The fraction of sp³-hybridized carbons (Fsp3) is 0.348. The van der Waals surface area contributed by atoms with Gasteiger partial charge in [0, 0.05) is 42.3 Å². The van der Waals surface area contributed by atoms with E-state index in [4.69, 9.17) is 19.9 Å². The van der Waals surface area contributed by atoms with Crippen molar-refractivity contribution >= 4 is 28.7 Å². The summed E-state index contributed by atoms with van der Waals surface area (Å²) in [5.74, 6) is 1.33. The van der Waals surface area contributed by atoms with E-state index in [9.17, 15) is 0 Å². The fourth-order valence-electron chi connectivity index (χ4n) is 3.58. The SMILES string of the molecule is COc1cc(C=Cc2n[nH]c3ccccc23)c(N)cc1OCCCN1CCOCC1. The van der Waals surface area contributed by atoms with Gasteiger partial charge in [0.05, 0.1) is 38.1 Å². The van der Waals surface area contributed by atoms with Crippen LogP contribution >= 0.6 is 0 Å². The first-order valence-corrected chi connectivity index (χ1v) is 10.3. The monoisotopic (exact) mass is 408 g/mol. The zero-order chi connectivity index (χ0) is 20.8. The third-order valence-corrected chi connectivity index (χ3v) is 5.27. The van der Waals surface area contributed by atoms with Crippen LogP contribution in [0, 0.1) is 0 Å². The van der Waals surface area contributed by atoms with Gasteiger partial charge in [0.25, 0.3) is 0 Å². The minimum Gasteiger partial charge on any atom is -0.493 e. The molecule has 158 valence electrons. The molecule has 0 unspecified atom stereocenters. The molecule has 0 radical (unpaired) electrons. The number of anilines is 1. The summed E-state index contributed by atoms with van der Waals surface area (Å²) in [5, 5.41) is 8.47. The van der Waals surface area contributed by atoms with Crippen molar-refractivity contribution in [3.63, 3.8) is 0 Å². The summed E-state index contributed by atoms with van der Waals surface area (Å²) >= 11 is 0. The van der Waals surface area contributed by atoms with Crippen molar-refractivity contribution in [1.82, 2.24) is 15.1 Å². The molecule has 0 amide bonds. The highest BCUT2D eigenvalue weighted by atomic mass is 16.5. The number of nitrogens with one attached hydrogen (secondary N) is 1. The maximum atomic E-state index is 6.28. The number of aromatic amines is 1. The number of hydrogen-bond acceptors (Lipinski definition) is 6. The molecule has 1 fully saturated rings. The van der Waals surface area contributed by atoms with Crippen LogP contribution in [0.3, 0.4) is 0 Å². The van der Waals surface area contributed by atoms with Gasteiger partial charge in [-0.15, -0.1) is 0 Å². The zero-order valence-corrected chi connectivity index (χ0v) is 17.3. The maximum Gasteiger partial charge on any atom is 0.163 e. The van der Waals surface area contributed by atoms with Gasteiger partial charge in [0.1, 0.15) is 0 Å². The van der Waals surface area contributed by atoms with Crippen molar-refractivity contribution < 1.29 is 14.2 Å². The number of methoxy groups -OCH3 is 1. The molecule has 1 aliphatic rings. The normalized spacial score (nSPS) is 15.1. The molecule has 1 saturated heterocycles. The Labute approximate surface area is 176 Å². The van der Waals surface area contributed by atoms with Crippen LogP contribution in [0.5, 0.6) is 11.5 Å². The molecular formula is C23H28N4O3. The quantitative estimate of drug-likeness (QED) is 0.439. The average molecular weight is 409 g/mol. The number of nitrogens with two attached hydrogens (primary N) is 1. The van der Waals surface area contributed by atoms with Gasteiger partial charge in [0.15, 0.2) is 11.5 Å². The van der Waals surface area contributed by atoms with E-state index in [0.29, 0.717) is 23.8 Å². The van der Waals surface area contributed by atoms with Crippen molar-refractivity contribution in [2.45, 2.75) is 6.42 Å². The Bertz CT molecular complexity index is 1010. The lowest BCUT2D eigenvalue weighted by Crippen LogP contribution is -2.37. The van der Waals surface area contributed by atoms with Gasteiger partial charge in [-0.2, -0.15) is 5.10 Å². The van der Waals surface area contributed by atoms with Crippen LogP contribution in [-0.4, -0.2) is 61.7 Å². The maximum absolute atomic E-state index is 6.28. The molecule has 0 aliphatic carbocycles. The first-order chi connectivity index (χ1) is 14.7. The molecule has 0 saturated carbocycles. The summed E-state index contributed by atoms with van der Waals surface area (Å²) in [6, 6.07) is 11.8. The van der Waals surface area contributed by atoms with Crippen molar-refractivity contribution in [3.05, 3.63) is 47.7 Å². The van der Waals surface area contributed by atoms with E-state index in [1.807, 2.05) is 48.6 Å². The smallest absolute Gasteiger partial charge is 0.163 e. The summed E-state index contributed by atoms with van der Waals surface area (Å²) in [5.41, 5.74) is 9.65. The van der Waals surface area contributed by atoms with Gasteiger partial charge in [0.2, 0.25) is 0 Å². The number of nitrogen functional groups attached to an aromatic ring is 1. The first kappa shape index (κ1) is 20.3. The van der Waals surface area contributed by atoms with Gasteiger partial charge in [-0.3, -0.25) is 10.00 Å². The van der Waals surface area contributed by atoms with E-state index in [1.165, 1.54) is 0 Å². The summed E-state index contributed by atoms with van der Waals surface area (Å²) in [6.45, 7) is 5.22. The number of H-pyrrole nitrogens is 1. The lowest BCUT2D eigenvalue weighted by Gasteiger charge is -2.26. The van der Waals surface area contributed by atoms with Crippen LogP contribution in [0.4, 0.5) is 5.69 Å². The molecule has 7 heteroatoms. The Kier molecular flexibility index (Phi) is 6.51. The molecule has 4 rings (SSSR count). The molecular weight excluding hydrogens is 380 g/mol. The van der Waals surface area contributed by atoms with Crippen molar-refractivity contribution in [2.24, 2.45) is 0 Å². The van der Waals surface area contributed by atoms with E-state index in [-0.39, 0.29) is 0 Å². The Morgan fingerprint density at radius 2 is 2.00 bits per heavy atom. The molecule has 30 heavy (non-hydrogen) atoms. The third kappa shape index (κ3) is 4.75. The molecule has 0 bridgehead atoms. The van der Waals surface area contributed by atoms with Crippen LogP contribution in [-0.2, 0) is 4.74 Å². The summed E-state index contributed by atoms with van der Waals surface area (Å²) < 4.78 is 16.9. The number of rotatable bonds is 8. The van der Waals surface area contributed by atoms with E-state index in [1.54, 1.807) is 7.11 Å². The van der Waals surface area contributed by atoms with E-state index in [0.717, 1.165) is 61.4 Å². The second-order valence-corrected chi connectivity index (χ2v) is 7.28. The lowest BCUT2D eigenvalue weighted by atomic mass is 10.1. The largest absolute Gasteiger partial charge is 0.493 e. The number of ether oxygens (including phenoxy) is 3. The number of nitrogens with zero attached hydrogens (tertiary/aromatic N) is 2. The van der Waals surface area contributed by atoms with E-state index >= 15 is 0 Å².